The fraction of sp³-hybridized carbons (Fsp3) is 0.235. The van der Waals surface area contributed by atoms with Gasteiger partial charge in [0.05, 0.1) is 6.61 Å². The van der Waals surface area contributed by atoms with Crippen molar-refractivity contribution < 1.29 is 14.3 Å². The average molecular weight is 396 g/mol. The van der Waals surface area contributed by atoms with Crippen LogP contribution >= 0.6 is 22.6 Å². The van der Waals surface area contributed by atoms with Gasteiger partial charge in [-0.25, -0.2) is 0 Å². The smallest absolute Gasteiger partial charge is 0.302 e. The van der Waals surface area contributed by atoms with Crippen molar-refractivity contribution in [1.29, 1.82) is 0 Å². The SMILES string of the molecule is CC(=O)OCCc1cccc(COc2ccc(I)cc2)c1. The summed E-state index contributed by atoms with van der Waals surface area (Å²) in [4.78, 5) is 10.7. The molecule has 0 saturated carbocycles. The third-order valence-corrected chi connectivity index (χ3v) is 3.63. The van der Waals surface area contributed by atoms with Crippen LogP contribution in [0.1, 0.15) is 18.1 Å². The van der Waals surface area contributed by atoms with Crippen molar-refractivity contribution in [1.82, 2.24) is 0 Å². The molecule has 0 spiro atoms. The monoisotopic (exact) mass is 396 g/mol. The molecule has 0 aliphatic carbocycles. The Bertz CT molecular complexity index is 593. The molecule has 0 fully saturated rings. The van der Waals surface area contributed by atoms with Gasteiger partial charge in [-0.2, -0.15) is 0 Å². The molecule has 0 radical (unpaired) electrons. The fourth-order valence-electron chi connectivity index (χ4n) is 1.89. The third kappa shape index (κ3) is 5.75. The first-order valence-electron chi connectivity index (χ1n) is 6.73. The Morgan fingerprint density at radius 1 is 1.10 bits per heavy atom. The lowest BCUT2D eigenvalue weighted by Gasteiger charge is -2.08. The maximum atomic E-state index is 10.7. The summed E-state index contributed by atoms with van der Waals surface area (Å²) in [5.41, 5.74) is 2.24. The maximum Gasteiger partial charge on any atom is 0.302 e. The highest BCUT2D eigenvalue weighted by atomic mass is 127. The quantitative estimate of drug-likeness (QED) is 0.548. The van der Waals surface area contributed by atoms with E-state index in [4.69, 9.17) is 9.47 Å². The minimum atomic E-state index is -0.242. The molecule has 0 aliphatic rings. The van der Waals surface area contributed by atoms with Gasteiger partial charge >= 0.3 is 5.97 Å². The van der Waals surface area contributed by atoms with Crippen molar-refractivity contribution in [2.45, 2.75) is 20.0 Å². The molecule has 2 aromatic carbocycles. The van der Waals surface area contributed by atoms with E-state index in [0.29, 0.717) is 13.2 Å². The van der Waals surface area contributed by atoms with E-state index in [2.05, 4.69) is 28.7 Å². The van der Waals surface area contributed by atoms with Crippen molar-refractivity contribution in [3.8, 4) is 5.75 Å². The Labute approximate surface area is 138 Å². The molecule has 2 aromatic rings. The lowest BCUT2D eigenvalue weighted by molar-refractivity contribution is -0.140. The Morgan fingerprint density at radius 3 is 2.52 bits per heavy atom. The number of carbonyl (C=O) groups is 1. The van der Waals surface area contributed by atoms with Crippen molar-refractivity contribution in [2.24, 2.45) is 0 Å². The van der Waals surface area contributed by atoms with E-state index in [-0.39, 0.29) is 5.97 Å². The fourth-order valence-corrected chi connectivity index (χ4v) is 2.24. The van der Waals surface area contributed by atoms with Gasteiger partial charge < -0.3 is 9.47 Å². The molecule has 0 saturated heterocycles. The molecule has 0 N–H and O–H groups in total. The second-order valence-corrected chi connectivity index (χ2v) is 5.90. The van der Waals surface area contributed by atoms with Crippen LogP contribution in [0.15, 0.2) is 48.5 Å². The standard InChI is InChI=1S/C17H17IO3/c1-13(19)20-10-9-14-3-2-4-15(11-14)12-21-17-7-5-16(18)6-8-17/h2-8,11H,9-10,12H2,1H3. The van der Waals surface area contributed by atoms with Crippen LogP contribution in [0.5, 0.6) is 5.75 Å². The van der Waals surface area contributed by atoms with E-state index in [1.54, 1.807) is 0 Å². The van der Waals surface area contributed by atoms with Crippen LogP contribution in [0.3, 0.4) is 0 Å². The van der Waals surface area contributed by atoms with Crippen LogP contribution < -0.4 is 4.74 Å². The first-order valence-corrected chi connectivity index (χ1v) is 7.81. The first kappa shape index (κ1) is 15.8. The lowest BCUT2D eigenvalue weighted by Crippen LogP contribution is -2.04. The molecule has 0 aliphatic heterocycles. The molecule has 0 bridgehead atoms. The van der Waals surface area contributed by atoms with Crippen molar-refractivity contribution >= 4 is 28.6 Å². The largest absolute Gasteiger partial charge is 0.489 e. The number of ether oxygens (including phenoxy) is 2. The van der Waals surface area contributed by atoms with Crippen molar-refractivity contribution in [3.05, 3.63) is 63.2 Å². The number of carbonyl (C=O) groups excluding carboxylic acids is 1. The minimum Gasteiger partial charge on any atom is -0.489 e. The molecule has 0 amide bonds. The van der Waals surface area contributed by atoms with Crippen molar-refractivity contribution in [3.63, 3.8) is 0 Å². The number of halogens is 1. The molecule has 21 heavy (non-hydrogen) atoms. The highest BCUT2D eigenvalue weighted by Gasteiger charge is 2.00. The predicted molar refractivity (Wildman–Crippen MR) is 90.3 cm³/mol. The summed E-state index contributed by atoms with van der Waals surface area (Å²) in [6.07, 6.45) is 0.719. The van der Waals surface area contributed by atoms with Gasteiger partial charge in [-0.15, -0.1) is 0 Å². The summed E-state index contributed by atoms with van der Waals surface area (Å²) in [6.45, 7) is 2.37. The van der Waals surface area contributed by atoms with Gasteiger partial charge in [0.2, 0.25) is 0 Å². The molecular weight excluding hydrogens is 379 g/mol. The number of rotatable bonds is 6. The van der Waals surface area contributed by atoms with E-state index in [9.17, 15) is 4.79 Å². The molecule has 4 heteroatoms. The van der Waals surface area contributed by atoms with Crippen LogP contribution in [0, 0.1) is 3.57 Å². The van der Waals surface area contributed by atoms with E-state index in [1.807, 2.05) is 42.5 Å². The second-order valence-electron chi connectivity index (χ2n) is 4.65. The summed E-state index contributed by atoms with van der Waals surface area (Å²) in [7, 11) is 0. The molecule has 0 aromatic heterocycles. The maximum absolute atomic E-state index is 10.7. The summed E-state index contributed by atoms with van der Waals surface area (Å²) in [5, 5.41) is 0. The van der Waals surface area contributed by atoms with E-state index in [0.717, 1.165) is 23.3 Å². The van der Waals surface area contributed by atoms with Gasteiger partial charge in [-0.3, -0.25) is 4.79 Å². The van der Waals surface area contributed by atoms with Crippen LogP contribution in [0.4, 0.5) is 0 Å². The number of esters is 1. The van der Waals surface area contributed by atoms with Crippen molar-refractivity contribution in [2.75, 3.05) is 6.61 Å². The van der Waals surface area contributed by atoms with Gasteiger partial charge in [0, 0.05) is 16.9 Å². The Hall–Kier alpha value is -1.56. The van der Waals surface area contributed by atoms with E-state index in [1.165, 1.54) is 10.5 Å². The number of hydrogen-bond acceptors (Lipinski definition) is 3. The second kappa shape index (κ2) is 8.02. The van der Waals surface area contributed by atoms with E-state index >= 15 is 0 Å². The molecule has 2 rings (SSSR count). The molecular formula is C17H17IO3. The van der Waals surface area contributed by atoms with Crippen LogP contribution in [0.25, 0.3) is 0 Å². The molecule has 110 valence electrons. The summed E-state index contributed by atoms with van der Waals surface area (Å²) in [6, 6.07) is 16.1. The number of hydrogen-bond donors (Lipinski definition) is 0. The van der Waals surface area contributed by atoms with Gasteiger partial charge in [0.1, 0.15) is 12.4 Å². The zero-order chi connectivity index (χ0) is 15.1. The highest BCUT2D eigenvalue weighted by molar-refractivity contribution is 14.1. The van der Waals surface area contributed by atoms with E-state index < -0.39 is 0 Å². The molecule has 0 atom stereocenters. The summed E-state index contributed by atoms with van der Waals surface area (Å²) >= 11 is 2.27. The Balaban J connectivity index is 1.88. The zero-order valence-corrected chi connectivity index (χ0v) is 14.0. The van der Waals surface area contributed by atoms with Crippen LogP contribution in [-0.2, 0) is 22.6 Å². The van der Waals surface area contributed by atoms with Gasteiger partial charge in [-0.1, -0.05) is 24.3 Å². The minimum absolute atomic E-state index is 0.242. The van der Waals surface area contributed by atoms with Gasteiger partial charge in [0.25, 0.3) is 0 Å². The first-order chi connectivity index (χ1) is 10.1. The van der Waals surface area contributed by atoms with Gasteiger partial charge in [0.15, 0.2) is 0 Å². The highest BCUT2D eigenvalue weighted by Crippen LogP contribution is 2.16. The molecule has 3 nitrogen and oxygen atoms in total. The summed E-state index contributed by atoms with van der Waals surface area (Å²) < 4.78 is 11.9. The van der Waals surface area contributed by atoms with Crippen LogP contribution in [-0.4, -0.2) is 12.6 Å². The molecule has 0 heterocycles. The van der Waals surface area contributed by atoms with Crippen LogP contribution in [0.2, 0.25) is 0 Å². The summed E-state index contributed by atoms with van der Waals surface area (Å²) in [5.74, 6) is 0.619. The number of benzene rings is 2. The molecule has 0 unspecified atom stereocenters. The van der Waals surface area contributed by atoms with Gasteiger partial charge in [-0.05, 0) is 58.0 Å². The zero-order valence-electron chi connectivity index (χ0n) is 11.8. The predicted octanol–water partition coefficient (Wildman–Crippen LogP) is 3.98. The Kier molecular flexibility index (Phi) is 6.04. The normalized spacial score (nSPS) is 10.2. The average Bonchev–Trinajstić information content (AvgIpc) is 2.47. The Morgan fingerprint density at radius 2 is 1.81 bits per heavy atom. The third-order valence-electron chi connectivity index (χ3n) is 2.91. The topological polar surface area (TPSA) is 35.5 Å². The lowest BCUT2D eigenvalue weighted by atomic mass is 10.1.